The third-order valence-corrected chi connectivity index (χ3v) is 5.40. The zero-order chi connectivity index (χ0) is 25.3. The molecular weight excluding hydrogens is 432 g/mol. The summed E-state index contributed by atoms with van der Waals surface area (Å²) in [7, 11) is 0. The maximum atomic E-state index is 11.8. The molecule has 0 amide bonds. The van der Waals surface area contributed by atoms with Crippen LogP contribution in [0.5, 0.6) is 23.0 Å². The molecular formula is C28H30O6. The first-order valence-corrected chi connectivity index (χ1v) is 11.0. The van der Waals surface area contributed by atoms with E-state index in [9.17, 15) is 19.8 Å². The van der Waals surface area contributed by atoms with Gasteiger partial charge in [-0.2, -0.15) is 0 Å². The lowest BCUT2D eigenvalue weighted by molar-refractivity contribution is 0.0682. The smallest absolute Gasteiger partial charge is 0.339 e. The molecule has 0 aromatic heterocycles. The molecule has 0 aliphatic carbocycles. The van der Waals surface area contributed by atoms with Crippen LogP contribution in [0.2, 0.25) is 0 Å². The highest BCUT2D eigenvalue weighted by atomic mass is 16.5. The summed E-state index contributed by atoms with van der Waals surface area (Å²) < 4.78 is 12.4. The van der Waals surface area contributed by atoms with Crippen molar-refractivity contribution in [1.82, 2.24) is 0 Å². The number of carboxylic acid groups (broad SMARTS) is 2. The number of carbonyl (C=O) groups is 2. The second kappa shape index (κ2) is 9.21. The number of carboxylic acids is 2. The van der Waals surface area contributed by atoms with Crippen LogP contribution in [-0.2, 0) is 10.8 Å². The molecule has 0 bridgehead atoms. The molecule has 0 aliphatic heterocycles. The van der Waals surface area contributed by atoms with Gasteiger partial charge < -0.3 is 19.7 Å². The van der Waals surface area contributed by atoms with Crippen LogP contribution in [0.1, 0.15) is 73.4 Å². The summed E-state index contributed by atoms with van der Waals surface area (Å²) in [5, 5.41) is 19.3. The number of ether oxygens (including phenoxy) is 2. The molecule has 34 heavy (non-hydrogen) atoms. The standard InChI is InChI=1S/C28H30O6/c1-27(2,3)17-15-20(28(4,5)6)24(34-22-14-10-8-12-19(22)26(31)32)23(16-17)33-21-13-9-7-11-18(21)25(29)30/h7-16H,1-6H3,(H,29,30)(H,31,32). The lowest BCUT2D eigenvalue weighted by Crippen LogP contribution is -2.18. The Balaban J connectivity index is 2.30. The van der Waals surface area contributed by atoms with Crippen LogP contribution in [0.15, 0.2) is 60.7 Å². The van der Waals surface area contributed by atoms with Gasteiger partial charge in [-0.3, -0.25) is 0 Å². The Bertz CT molecular complexity index is 1230. The Kier molecular flexibility index (Phi) is 6.73. The van der Waals surface area contributed by atoms with Gasteiger partial charge in [0.2, 0.25) is 0 Å². The van der Waals surface area contributed by atoms with Gasteiger partial charge in [0.15, 0.2) is 11.5 Å². The number of para-hydroxylation sites is 2. The van der Waals surface area contributed by atoms with E-state index in [-0.39, 0.29) is 33.5 Å². The monoisotopic (exact) mass is 462 g/mol. The maximum Gasteiger partial charge on any atom is 0.339 e. The summed E-state index contributed by atoms with van der Waals surface area (Å²) in [6.07, 6.45) is 0. The van der Waals surface area contributed by atoms with Gasteiger partial charge in [0.25, 0.3) is 0 Å². The normalized spacial score (nSPS) is 11.7. The molecule has 0 aliphatic rings. The molecule has 3 aromatic carbocycles. The van der Waals surface area contributed by atoms with E-state index >= 15 is 0 Å². The van der Waals surface area contributed by atoms with Gasteiger partial charge in [0, 0.05) is 5.56 Å². The SMILES string of the molecule is CC(C)(C)c1cc(Oc2ccccc2C(=O)O)c(Oc2ccccc2C(=O)O)c(C(C)(C)C)c1. The Morgan fingerprint density at radius 1 is 0.647 bits per heavy atom. The molecule has 3 aromatic rings. The molecule has 0 heterocycles. The van der Waals surface area contributed by atoms with E-state index in [1.54, 1.807) is 36.4 Å². The van der Waals surface area contributed by atoms with E-state index in [1.165, 1.54) is 12.1 Å². The zero-order valence-corrected chi connectivity index (χ0v) is 20.3. The van der Waals surface area contributed by atoms with E-state index in [2.05, 4.69) is 20.8 Å². The number of rotatable bonds is 6. The van der Waals surface area contributed by atoms with Gasteiger partial charge >= 0.3 is 11.9 Å². The average Bonchev–Trinajstić information content (AvgIpc) is 2.73. The molecule has 0 atom stereocenters. The minimum atomic E-state index is -1.11. The molecule has 3 rings (SSSR count). The lowest BCUT2D eigenvalue weighted by Gasteiger charge is -2.29. The minimum absolute atomic E-state index is 0.0119. The van der Waals surface area contributed by atoms with E-state index < -0.39 is 11.9 Å². The molecule has 178 valence electrons. The van der Waals surface area contributed by atoms with E-state index in [4.69, 9.17) is 9.47 Å². The Morgan fingerprint density at radius 3 is 1.56 bits per heavy atom. The predicted molar refractivity (Wildman–Crippen MR) is 131 cm³/mol. The zero-order valence-electron chi connectivity index (χ0n) is 20.3. The molecule has 2 N–H and O–H groups in total. The first kappa shape index (κ1) is 24.8. The number of hydrogen-bond acceptors (Lipinski definition) is 4. The van der Waals surface area contributed by atoms with Gasteiger partial charge in [0.1, 0.15) is 22.6 Å². The molecule has 0 spiro atoms. The lowest BCUT2D eigenvalue weighted by atomic mass is 9.80. The summed E-state index contributed by atoms with van der Waals surface area (Å²) in [4.78, 5) is 23.6. The first-order chi connectivity index (χ1) is 15.8. The fourth-order valence-electron chi connectivity index (χ4n) is 3.47. The second-order valence-corrected chi connectivity index (χ2v) is 10.2. The molecule has 0 radical (unpaired) electrons. The highest BCUT2D eigenvalue weighted by Crippen LogP contribution is 2.46. The maximum absolute atomic E-state index is 11.8. The van der Waals surface area contributed by atoms with Crippen LogP contribution in [0.3, 0.4) is 0 Å². The van der Waals surface area contributed by atoms with E-state index in [0.717, 1.165) is 11.1 Å². The number of benzene rings is 3. The highest BCUT2D eigenvalue weighted by Gasteiger charge is 2.29. The van der Waals surface area contributed by atoms with Crippen molar-refractivity contribution in [3.05, 3.63) is 82.9 Å². The largest absolute Gasteiger partial charge is 0.478 e. The Morgan fingerprint density at radius 2 is 1.12 bits per heavy atom. The van der Waals surface area contributed by atoms with Gasteiger partial charge in [-0.05, 0) is 46.7 Å². The summed E-state index contributed by atoms with van der Waals surface area (Å²) in [6, 6.07) is 16.6. The third-order valence-electron chi connectivity index (χ3n) is 5.40. The average molecular weight is 463 g/mol. The van der Waals surface area contributed by atoms with Crippen molar-refractivity contribution in [3.8, 4) is 23.0 Å². The summed E-state index contributed by atoms with van der Waals surface area (Å²) in [5.74, 6) is -1.24. The summed E-state index contributed by atoms with van der Waals surface area (Å²) in [6.45, 7) is 12.3. The van der Waals surface area contributed by atoms with Crippen molar-refractivity contribution in [3.63, 3.8) is 0 Å². The van der Waals surface area contributed by atoms with E-state index in [1.807, 2.05) is 32.9 Å². The van der Waals surface area contributed by atoms with Crippen LogP contribution >= 0.6 is 0 Å². The molecule has 0 fully saturated rings. The van der Waals surface area contributed by atoms with Crippen LogP contribution in [-0.4, -0.2) is 22.2 Å². The predicted octanol–water partition coefficient (Wildman–Crippen LogP) is 7.26. The van der Waals surface area contributed by atoms with Gasteiger partial charge in [-0.1, -0.05) is 71.9 Å². The quantitative estimate of drug-likeness (QED) is 0.400. The van der Waals surface area contributed by atoms with Crippen LogP contribution in [0, 0.1) is 0 Å². The molecule has 0 saturated carbocycles. The third kappa shape index (κ3) is 5.39. The second-order valence-electron chi connectivity index (χ2n) is 10.2. The summed E-state index contributed by atoms with van der Waals surface area (Å²) in [5.41, 5.74) is 1.18. The molecule has 6 heteroatoms. The van der Waals surface area contributed by atoms with Crippen molar-refractivity contribution in [2.24, 2.45) is 0 Å². The fraction of sp³-hybridized carbons (Fsp3) is 0.286. The molecule has 0 unspecified atom stereocenters. The van der Waals surface area contributed by atoms with Gasteiger partial charge in [-0.15, -0.1) is 0 Å². The van der Waals surface area contributed by atoms with Gasteiger partial charge in [0.05, 0.1) is 0 Å². The Hall–Kier alpha value is -3.80. The fourth-order valence-corrected chi connectivity index (χ4v) is 3.47. The molecule has 0 saturated heterocycles. The number of aromatic carboxylic acids is 2. The van der Waals surface area contributed by atoms with Crippen molar-refractivity contribution in [2.45, 2.75) is 52.4 Å². The summed E-state index contributed by atoms with van der Waals surface area (Å²) >= 11 is 0. The minimum Gasteiger partial charge on any atom is -0.478 e. The Labute approximate surface area is 199 Å². The molecule has 6 nitrogen and oxygen atoms in total. The topological polar surface area (TPSA) is 93.1 Å². The van der Waals surface area contributed by atoms with Crippen molar-refractivity contribution in [2.75, 3.05) is 0 Å². The highest BCUT2D eigenvalue weighted by molar-refractivity contribution is 5.91. The van der Waals surface area contributed by atoms with Crippen molar-refractivity contribution < 1.29 is 29.3 Å². The van der Waals surface area contributed by atoms with Crippen LogP contribution in [0.25, 0.3) is 0 Å². The first-order valence-electron chi connectivity index (χ1n) is 11.0. The van der Waals surface area contributed by atoms with Crippen LogP contribution in [0.4, 0.5) is 0 Å². The van der Waals surface area contributed by atoms with Gasteiger partial charge in [-0.25, -0.2) is 9.59 Å². The van der Waals surface area contributed by atoms with Crippen molar-refractivity contribution in [1.29, 1.82) is 0 Å². The van der Waals surface area contributed by atoms with Crippen LogP contribution < -0.4 is 9.47 Å². The number of hydrogen-bond donors (Lipinski definition) is 2. The van der Waals surface area contributed by atoms with E-state index in [0.29, 0.717) is 11.5 Å². The van der Waals surface area contributed by atoms with Crippen molar-refractivity contribution >= 4 is 11.9 Å².